The van der Waals surface area contributed by atoms with Crippen LogP contribution in [0.4, 0.5) is 5.00 Å². The van der Waals surface area contributed by atoms with Crippen LogP contribution in [-0.2, 0) is 12.8 Å². The third-order valence-corrected chi connectivity index (χ3v) is 3.42. The van der Waals surface area contributed by atoms with Crippen LogP contribution in [0.2, 0.25) is 0 Å². The topological polar surface area (TPSA) is 43.1 Å². The van der Waals surface area contributed by atoms with Crippen molar-refractivity contribution in [3.8, 4) is 0 Å². The molecular formula is C9H11NOS. The van der Waals surface area contributed by atoms with Gasteiger partial charge in [0, 0.05) is 0 Å². The molecule has 0 saturated carbocycles. The van der Waals surface area contributed by atoms with Gasteiger partial charge in [-0.1, -0.05) is 0 Å². The maximum Gasteiger partial charge on any atom is 0.160 e. The molecular weight excluding hydrogens is 170 g/mol. The molecule has 0 atom stereocenters. The number of carbonyl (C=O) groups is 1. The van der Waals surface area contributed by atoms with Crippen molar-refractivity contribution in [1.29, 1.82) is 0 Å². The van der Waals surface area contributed by atoms with Crippen LogP contribution in [-0.4, -0.2) is 6.29 Å². The maximum absolute atomic E-state index is 10.6. The summed E-state index contributed by atoms with van der Waals surface area (Å²) in [7, 11) is 0. The number of nitrogens with two attached hydrogens (primary N) is 1. The summed E-state index contributed by atoms with van der Waals surface area (Å²) in [6.07, 6.45) is 5.45. The average molecular weight is 181 g/mol. The Kier molecular flexibility index (Phi) is 1.89. The molecule has 2 N–H and O–H groups in total. The van der Waals surface area contributed by atoms with Gasteiger partial charge >= 0.3 is 0 Å². The third kappa shape index (κ3) is 1.05. The Morgan fingerprint density at radius 2 is 1.92 bits per heavy atom. The molecule has 1 heterocycles. The Bertz CT molecular complexity index is 317. The number of anilines is 1. The first kappa shape index (κ1) is 7.80. The van der Waals surface area contributed by atoms with E-state index in [2.05, 4.69) is 0 Å². The van der Waals surface area contributed by atoms with Crippen molar-refractivity contribution >= 4 is 22.6 Å². The molecule has 2 nitrogen and oxygen atoms in total. The largest absolute Gasteiger partial charge is 0.390 e. The fraction of sp³-hybridized carbons (Fsp3) is 0.444. The predicted molar refractivity (Wildman–Crippen MR) is 50.8 cm³/mol. The molecule has 1 aliphatic rings. The first-order chi connectivity index (χ1) is 5.83. The van der Waals surface area contributed by atoms with Crippen LogP contribution in [0.3, 0.4) is 0 Å². The lowest BCUT2D eigenvalue weighted by Crippen LogP contribution is -2.02. The number of hydrogen-bond donors (Lipinski definition) is 1. The summed E-state index contributed by atoms with van der Waals surface area (Å²) in [5.74, 6) is 0. The highest BCUT2D eigenvalue weighted by Crippen LogP contribution is 2.35. The molecule has 1 aliphatic carbocycles. The van der Waals surface area contributed by atoms with Crippen molar-refractivity contribution < 1.29 is 4.79 Å². The van der Waals surface area contributed by atoms with Gasteiger partial charge in [0.05, 0.1) is 9.88 Å². The standard InChI is InChI=1S/C9H11NOS/c10-9-7-4-2-1-3-6(7)8(5-11)12-9/h5H,1-4,10H2. The number of thiophene rings is 1. The Morgan fingerprint density at radius 3 is 2.58 bits per heavy atom. The van der Waals surface area contributed by atoms with Gasteiger partial charge < -0.3 is 5.73 Å². The van der Waals surface area contributed by atoms with Gasteiger partial charge in [-0.05, 0) is 36.8 Å². The van der Waals surface area contributed by atoms with E-state index in [9.17, 15) is 4.79 Å². The highest BCUT2D eigenvalue weighted by molar-refractivity contribution is 7.17. The molecule has 1 aromatic rings. The van der Waals surface area contributed by atoms with Crippen LogP contribution >= 0.6 is 11.3 Å². The van der Waals surface area contributed by atoms with E-state index in [0.717, 1.165) is 29.0 Å². The second-order valence-corrected chi connectivity index (χ2v) is 4.20. The fourth-order valence-electron chi connectivity index (χ4n) is 1.79. The number of fused-ring (bicyclic) bond motifs is 1. The molecule has 3 heteroatoms. The van der Waals surface area contributed by atoms with Gasteiger partial charge in [-0.2, -0.15) is 0 Å². The molecule has 0 aliphatic heterocycles. The average Bonchev–Trinajstić information content (AvgIpc) is 2.44. The zero-order valence-electron chi connectivity index (χ0n) is 6.80. The predicted octanol–water partition coefficient (Wildman–Crippen LogP) is 2.02. The second-order valence-electron chi connectivity index (χ2n) is 3.11. The van der Waals surface area contributed by atoms with Gasteiger partial charge in [-0.25, -0.2) is 0 Å². The van der Waals surface area contributed by atoms with Gasteiger partial charge in [0.1, 0.15) is 0 Å². The number of carbonyl (C=O) groups excluding carboxylic acids is 1. The molecule has 0 aromatic carbocycles. The van der Waals surface area contributed by atoms with Crippen molar-refractivity contribution in [2.75, 3.05) is 5.73 Å². The summed E-state index contributed by atoms with van der Waals surface area (Å²) >= 11 is 1.44. The van der Waals surface area contributed by atoms with Crippen LogP contribution in [0.25, 0.3) is 0 Å². The highest BCUT2D eigenvalue weighted by Gasteiger charge is 2.18. The lowest BCUT2D eigenvalue weighted by Gasteiger charge is -2.11. The van der Waals surface area contributed by atoms with E-state index in [1.807, 2.05) is 0 Å². The lowest BCUT2D eigenvalue weighted by molar-refractivity contribution is 0.112. The third-order valence-electron chi connectivity index (χ3n) is 2.39. The number of aldehydes is 1. The number of rotatable bonds is 1. The quantitative estimate of drug-likeness (QED) is 0.673. The van der Waals surface area contributed by atoms with Crippen LogP contribution < -0.4 is 5.73 Å². The fourth-order valence-corrected chi connectivity index (χ4v) is 2.77. The van der Waals surface area contributed by atoms with Gasteiger partial charge in [-0.15, -0.1) is 11.3 Å². The summed E-state index contributed by atoms with van der Waals surface area (Å²) < 4.78 is 0. The Labute approximate surface area is 75.4 Å². The van der Waals surface area contributed by atoms with Gasteiger partial charge in [0.15, 0.2) is 6.29 Å². The van der Waals surface area contributed by atoms with Crippen molar-refractivity contribution in [1.82, 2.24) is 0 Å². The number of hydrogen-bond acceptors (Lipinski definition) is 3. The molecule has 64 valence electrons. The van der Waals surface area contributed by atoms with Gasteiger partial charge in [0.25, 0.3) is 0 Å². The van der Waals surface area contributed by atoms with Crippen molar-refractivity contribution in [3.05, 3.63) is 16.0 Å². The second kappa shape index (κ2) is 2.90. The molecule has 0 bridgehead atoms. The van der Waals surface area contributed by atoms with Crippen LogP contribution in [0, 0.1) is 0 Å². The first-order valence-corrected chi connectivity index (χ1v) is 4.99. The van der Waals surface area contributed by atoms with Crippen LogP contribution in [0.15, 0.2) is 0 Å². The van der Waals surface area contributed by atoms with Crippen molar-refractivity contribution in [2.24, 2.45) is 0 Å². The molecule has 12 heavy (non-hydrogen) atoms. The Hall–Kier alpha value is -0.830. The highest BCUT2D eigenvalue weighted by atomic mass is 32.1. The Balaban J connectivity index is 2.53. The van der Waals surface area contributed by atoms with E-state index in [4.69, 9.17) is 5.73 Å². The summed E-state index contributed by atoms with van der Waals surface area (Å²) in [5.41, 5.74) is 8.26. The van der Waals surface area contributed by atoms with Crippen LogP contribution in [0.5, 0.6) is 0 Å². The van der Waals surface area contributed by atoms with E-state index in [1.54, 1.807) is 0 Å². The summed E-state index contributed by atoms with van der Waals surface area (Å²) in [6, 6.07) is 0. The molecule has 1 aromatic heterocycles. The lowest BCUT2D eigenvalue weighted by atomic mass is 9.93. The van der Waals surface area contributed by atoms with Gasteiger partial charge in [-0.3, -0.25) is 4.79 Å². The molecule has 2 rings (SSSR count). The zero-order chi connectivity index (χ0) is 8.55. The molecule has 0 fully saturated rings. The van der Waals surface area contributed by atoms with E-state index in [-0.39, 0.29) is 0 Å². The van der Waals surface area contributed by atoms with Crippen molar-refractivity contribution in [2.45, 2.75) is 25.7 Å². The molecule has 0 amide bonds. The van der Waals surface area contributed by atoms with E-state index < -0.39 is 0 Å². The van der Waals surface area contributed by atoms with Crippen molar-refractivity contribution in [3.63, 3.8) is 0 Å². The first-order valence-electron chi connectivity index (χ1n) is 4.18. The minimum absolute atomic E-state index is 0.849. The monoisotopic (exact) mass is 181 g/mol. The number of nitrogen functional groups attached to an aromatic ring is 1. The molecule has 0 saturated heterocycles. The molecule has 0 radical (unpaired) electrons. The molecule has 0 spiro atoms. The minimum atomic E-state index is 0.849. The normalized spacial score (nSPS) is 15.7. The van der Waals surface area contributed by atoms with E-state index in [1.165, 1.54) is 35.3 Å². The van der Waals surface area contributed by atoms with Gasteiger partial charge in [0.2, 0.25) is 0 Å². The smallest absolute Gasteiger partial charge is 0.160 e. The van der Waals surface area contributed by atoms with Crippen LogP contribution in [0.1, 0.15) is 33.6 Å². The SMILES string of the molecule is Nc1sc(C=O)c2c1CCCC2. The summed E-state index contributed by atoms with van der Waals surface area (Å²) in [4.78, 5) is 11.5. The minimum Gasteiger partial charge on any atom is -0.390 e. The van der Waals surface area contributed by atoms with E-state index >= 15 is 0 Å². The summed E-state index contributed by atoms with van der Waals surface area (Å²) in [6.45, 7) is 0. The maximum atomic E-state index is 10.6. The Morgan fingerprint density at radius 1 is 1.25 bits per heavy atom. The van der Waals surface area contributed by atoms with E-state index in [0.29, 0.717) is 0 Å². The zero-order valence-corrected chi connectivity index (χ0v) is 7.62. The summed E-state index contributed by atoms with van der Waals surface area (Å²) in [5, 5.41) is 0.854. The molecule has 0 unspecified atom stereocenters.